The molecule has 0 aromatic heterocycles. The zero-order valence-electron chi connectivity index (χ0n) is 13.4. The Bertz CT molecular complexity index is 795. The fraction of sp³-hybridized carbons (Fsp3) is 0.333. The van der Waals surface area contributed by atoms with Crippen molar-refractivity contribution in [3.63, 3.8) is 0 Å². The highest BCUT2D eigenvalue weighted by Crippen LogP contribution is 2.31. The predicted octanol–water partition coefficient (Wildman–Crippen LogP) is 3.12. The molecule has 6 heteroatoms. The first kappa shape index (κ1) is 17.1. The van der Waals surface area contributed by atoms with Gasteiger partial charge in [0.05, 0.1) is 24.5 Å². The SMILES string of the molecule is C[C@@H]1[C@H](c2ccccc2)OCCS(=O)(=O)N1Cc1ccccc1F. The minimum atomic E-state index is -3.52. The maximum atomic E-state index is 14.0. The van der Waals surface area contributed by atoms with Crippen LogP contribution in [0.25, 0.3) is 0 Å². The van der Waals surface area contributed by atoms with E-state index in [0.717, 1.165) is 5.56 Å². The highest BCUT2D eigenvalue weighted by molar-refractivity contribution is 7.89. The zero-order chi connectivity index (χ0) is 17.2. The molecule has 0 N–H and O–H groups in total. The van der Waals surface area contributed by atoms with E-state index in [9.17, 15) is 12.8 Å². The van der Waals surface area contributed by atoms with E-state index < -0.39 is 21.9 Å². The van der Waals surface area contributed by atoms with E-state index in [-0.39, 0.29) is 25.0 Å². The summed E-state index contributed by atoms with van der Waals surface area (Å²) in [6, 6.07) is 15.3. The van der Waals surface area contributed by atoms with Crippen LogP contribution in [0, 0.1) is 5.82 Å². The first-order chi connectivity index (χ1) is 11.5. The average Bonchev–Trinajstić information content (AvgIpc) is 2.68. The molecule has 24 heavy (non-hydrogen) atoms. The smallest absolute Gasteiger partial charge is 0.217 e. The summed E-state index contributed by atoms with van der Waals surface area (Å²) in [5, 5.41) is 0. The van der Waals surface area contributed by atoms with Crippen molar-refractivity contribution in [3.8, 4) is 0 Å². The molecule has 0 amide bonds. The zero-order valence-corrected chi connectivity index (χ0v) is 14.2. The normalized spacial score (nSPS) is 24.4. The molecule has 3 rings (SSSR count). The number of hydrogen-bond acceptors (Lipinski definition) is 3. The monoisotopic (exact) mass is 349 g/mol. The van der Waals surface area contributed by atoms with Crippen molar-refractivity contribution in [1.29, 1.82) is 0 Å². The largest absolute Gasteiger partial charge is 0.371 e. The lowest BCUT2D eigenvalue weighted by atomic mass is 10.0. The van der Waals surface area contributed by atoms with Gasteiger partial charge in [-0.2, -0.15) is 4.31 Å². The molecule has 1 saturated heterocycles. The molecule has 0 spiro atoms. The summed E-state index contributed by atoms with van der Waals surface area (Å²) in [5.74, 6) is -0.504. The topological polar surface area (TPSA) is 46.6 Å². The van der Waals surface area contributed by atoms with Crippen molar-refractivity contribution in [3.05, 3.63) is 71.5 Å². The number of hydrogen-bond donors (Lipinski definition) is 0. The summed E-state index contributed by atoms with van der Waals surface area (Å²) in [6.45, 7) is 1.93. The summed E-state index contributed by atoms with van der Waals surface area (Å²) in [7, 11) is -3.52. The third kappa shape index (κ3) is 3.50. The average molecular weight is 349 g/mol. The van der Waals surface area contributed by atoms with Crippen LogP contribution in [0.2, 0.25) is 0 Å². The molecule has 0 aliphatic carbocycles. The van der Waals surface area contributed by atoms with Gasteiger partial charge in [-0.3, -0.25) is 0 Å². The lowest BCUT2D eigenvalue weighted by Crippen LogP contribution is -2.40. The molecule has 1 aliphatic heterocycles. The molecule has 2 aromatic rings. The minimum absolute atomic E-state index is 0.00284. The van der Waals surface area contributed by atoms with E-state index >= 15 is 0 Å². The standard InChI is InChI=1S/C18H20FNO3S/c1-14-18(15-7-3-2-4-8-15)23-11-12-24(21,22)20(14)13-16-9-5-6-10-17(16)19/h2-10,14,18H,11-13H2,1H3/t14-,18-/m1/s1. The van der Waals surface area contributed by atoms with Crippen molar-refractivity contribution in [2.75, 3.05) is 12.4 Å². The predicted molar refractivity (Wildman–Crippen MR) is 90.3 cm³/mol. The second-order valence-electron chi connectivity index (χ2n) is 5.90. The molecule has 2 aromatic carbocycles. The molecule has 0 radical (unpaired) electrons. The fourth-order valence-corrected chi connectivity index (χ4v) is 4.49. The number of ether oxygens (including phenoxy) is 1. The van der Waals surface area contributed by atoms with Crippen molar-refractivity contribution in [1.82, 2.24) is 4.31 Å². The quantitative estimate of drug-likeness (QED) is 0.855. The second-order valence-corrected chi connectivity index (χ2v) is 7.94. The Morgan fingerprint density at radius 3 is 2.50 bits per heavy atom. The van der Waals surface area contributed by atoms with Crippen LogP contribution in [0.1, 0.15) is 24.2 Å². The van der Waals surface area contributed by atoms with E-state index in [1.165, 1.54) is 10.4 Å². The number of benzene rings is 2. The van der Waals surface area contributed by atoms with Crippen LogP contribution in [0.15, 0.2) is 54.6 Å². The van der Waals surface area contributed by atoms with Gasteiger partial charge in [-0.05, 0) is 18.6 Å². The molecule has 0 unspecified atom stereocenters. The summed E-state index contributed by atoms with van der Waals surface area (Å²) in [6.07, 6.45) is -0.379. The Morgan fingerprint density at radius 2 is 1.79 bits per heavy atom. The molecule has 1 heterocycles. The number of sulfonamides is 1. The summed E-state index contributed by atoms with van der Waals surface area (Å²) in [5.41, 5.74) is 1.28. The summed E-state index contributed by atoms with van der Waals surface area (Å²) < 4.78 is 46.4. The van der Waals surface area contributed by atoms with Gasteiger partial charge in [-0.1, -0.05) is 48.5 Å². The highest BCUT2D eigenvalue weighted by Gasteiger charge is 2.37. The van der Waals surface area contributed by atoms with Crippen molar-refractivity contribution >= 4 is 10.0 Å². The molecule has 0 bridgehead atoms. The fourth-order valence-electron chi connectivity index (χ4n) is 3.00. The maximum absolute atomic E-state index is 14.0. The number of rotatable bonds is 3. The van der Waals surface area contributed by atoms with Crippen LogP contribution in [-0.2, 0) is 21.3 Å². The summed E-state index contributed by atoms with van der Waals surface area (Å²) >= 11 is 0. The Labute approximate surface area is 141 Å². The van der Waals surface area contributed by atoms with Gasteiger partial charge in [0.25, 0.3) is 0 Å². The Kier molecular flexibility index (Phi) is 4.99. The van der Waals surface area contributed by atoms with E-state index in [1.54, 1.807) is 25.1 Å². The van der Waals surface area contributed by atoms with Gasteiger partial charge in [-0.15, -0.1) is 0 Å². The van der Waals surface area contributed by atoms with Gasteiger partial charge < -0.3 is 4.74 Å². The molecule has 128 valence electrons. The third-order valence-corrected chi connectivity index (χ3v) is 6.16. The first-order valence-corrected chi connectivity index (χ1v) is 9.49. The summed E-state index contributed by atoms with van der Waals surface area (Å²) in [4.78, 5) is 0. The Morgan fingerprint density at radius 1 is 1.12 bits per heavy atom. The lowest BCUT2D eigenvalue weighted by molar-refractivity contribution is 0.0267. The molecule has 4 nitrogen and oxygen atoms in total. The van der Waals surface area contributed by atoms with Gasteiger partial charge >= 0.3 is 0 Å². The van der Waals surface area contributed by atoms with Crippen LogP contribution in [-0.4, -0.2) is 31.1 Å². The van der Waals surface area contributed by atoms with Crippen molar-refractivity contribution < 1.29 is 17.5 Å². The van der Waals surface area contributed by atoms with Crippen LogP contribution < -0.4 is 0 Å². The number of halogens is 1. The van der Waals surface area contributed by atoms with Crippen molar-refractivity contribution in [2.24, 2.45) is 0 Å². The molecular formula is C18H20FNO3S. The van der Waals surface area contributed by atoms with Crippen LogP contribution in [0.4, 0.5) is 4.39 Å². The van der Waals surface area contributed by atoms with E-state index in [4.69, 9.17) is 4.74 Å². The molecule has 2 atom stereocenters. The maximum Gasteiger partial charge on any atom is 0.217 e. The first-order valence-electron chi connectivity index (χ1n) is 7.88. The highest BCUT2D eigenvalue weighted by atomic mass is 32.2. The van der Waals surface area contributed by atoms with Crippen molar-refractivity contribution in [2.45, 2.75) is 25.6 Å². The van der Waals surface area contributed by atoms with Gasteiger partial charge in [0.2, 0.25) is 10.0 Å². The van der Waals surface area contributed by atoms with Gasteiger partial charge in [0, 0.05) is 12.1 Å². The van der Waals surface area contributed by atoms with E-state index in [1.807, 2.05) is 30.3 Å². The molecular weight excluding hydrogens is 329 g/mol. The van der Waals surface area contributed by atoms with Gasteiger partial charge in [0.15, 0.2) is 0 Å². The lowest BCUT2D eigenvalue weighted by Gasteiger charge is -2.30. The third-order valence-electron chi connectivity index (χ3n) is 4.30. The number of nitrogens with zero attached hydrogens (tertiary/aromatic N) is 1. The molecule has 0 saturated carbocycles. The minimum Gasteiger partial charge on any atom is -0.371 e. The molecule has 1 fully saturated rings. The Balaban J connectivity index is 1.95. The molecule has 1 aliphatic rings. The van der Waals surface area contributed by atoms with Crippen LogP contribution in [0.5, 0.6) is 0 Å². The van der Waals surface area contributed by atoms with Crippen LogP contribution >= 0.6 is 0 Å². The van der Waals surface area contributed by atoms with Gasteiger partial charge in [-0.25, -0.2) is 12.8 Å². The van der Waals surface area contributed by atoms with E-state index in [0.29, 0.717) is 5.56 Å². The second kappa shape index (κ2) is 7.01. The van der Waals surface area contributed by atoms with Crippen LogP contribution in [0.3, 0.4) is 0 Å². The van der Waals surface area contributed by atoms with Gasteiger partial charge in [0.1, 0.15) is 5.82 Å². The Hall–Kier alpha value is -1.76. The van der Waals surface area contributed by atoms with E-state index in [2.05, 4.69) is 0 Å².